The van der Waals surface area contributed by atoms with Crippen LogP contribution < -0.4 is 5.73 Å². The number of hydrogen-bond acceptors (Lipinski definition) is 2. The van der Waals surface area contributed by atoms with E-state index in [4.69, 9.17) is 10.8 Å². The Morgan fingerprint density at radius 3 is 2.36 bits per heavy atom. The second-order valence-corrected chi connectivity index (χ2v) is 4.70. The smallest absolute Gasteiger partial charge is 0.0434 e. The molecule has 1 fully saturated rings. The second-order valence-electron chi connectivity index (χ2n) is 4.70. The molecular formula is C9H19NO. The predicted octanol–water partition coefficient (Wildman–Crippen LogP) is 1.13. The minimum Gasteiger partial charge on any atom is -0.396 e. The molecule has 0 aromatic carbocycles. The van der Waals surface area contributed by atoms with Crippen molar-refractivity contribution in [1.29, 1.82) is 0 Å². The van der Waals surface area contributed by atoms with Crippen LogP contribution in [0.4, 0.5) is 0 Å². The first-order valence-electron chi connectivity index (χ1n) is 4.31. The van der Waals surface area contributed by atoms with Crippen molar-refractivity contribution in [3.63, 3.8) is 0 Å². The zero-order valence-electron chi connectivity index (χ0n) is 7.72. The highest BCUT2D eigenvalue weighted by Crippen LogP contribution is 2.54. The van der Waals surface area contributed by atoms with E-state index in [-0.39, 0.29) is 17.6 Å². The number of nitrogens with two attached hydrogens (primary N) is 1. The van der Waals surface area contributed by atoms with Gasteiger partial charge in [0.05, 0.1) is 0 Å². The number of aliphatic hydroxyl groups is 1. The lowest BCUT2D eigenvalue weighted by atomic mass is 9.83. The van der Waals surface area contributed by atoms with E-state index in [9.17, 15) is 0 Å². The quantitative estimate of drug-likeness (QED) is 0.631. The van der Waals surface area contributed by atoms with Crippen molar-refractivity contribution in [2.45, 2.75) is 39.2 Å². The van der Waals surface area contributed by atoms with Crippen molar-refractivity contribution in [2.75, 3.05) is 6.61 Å². The zero-order valence-corrected chi connectivity index (χ0v) is 7.72. The summed E-state index contributed by atoms with van der Waals surface area (Å²) in [4.78, 5) is 0. The molecule has 0 aromatic heterocycles. The van der Waals surface area contributed by atoms with Crippen LogP contribution in [0, 0.1) is 11.3 Å². The number of hydrogen-bond donors (Lipinski definition) is 2. The van der Waals surface area contributed by atoms with E-state index >= 15 is 0 Å². The highest BCUT2D eigenvalue weighted by Gasteiger charge is 2.57. The molecule has 1 aliphatic rings. The van der Waals surface area contributed by atoms with Crippen LogP contribution in [0.15, 0.2) is 0 Å². The van der Waals surface area contributed by atoms with Gasteiger partial charge in [-0.15, -0.1) is 0 Å². The van der Waals surface area contributed by atoms with Gasteiger partial charge < -0.3 is 10.8 Å². The van der Waals surface area contributed by atoms with E-state index in [1.807, 2.05) is 0 Å². The molecule has 0 aliphatic heterocycles. The van der Waals surface area contributed by atoms with Crippen LogP contribution in [0.3, 0.4) is 0 Å². The third-order valence-corrected chi connectivity index (χ3v) is 3.03. The topological polar surface area (TPSA) is 46.2 Å². The average molecular weight is 157 g/mol. The fourth-order valence-corrected chi connectivity index (χ4v) is 1.78. The molecule has 11 heavy (non-hydrogen) atoms. The third-order valence-electron chi connectivity index (χ3n) is 3.03. The molecule has 1 rings (SSSR count). The lowest BCUT2D eigenvalue weighted by Crippen LogP contribution is -2.39. The van der Waals surface area contributed by atoms with Crippen molar-refractivity contribution in [2.24, 2.45) is 17.1 Å². The molecule has 2 heteroatoms. The van der Waals surface area contributed by atoms with Gasteiger partial charge in [-0.05, 0) is 24.2 Å². The first-order valence-corrected chi connectivity index (χ1v) is 4.31. The zero-order chi connectivity index (χ0) is 8.70. The van der Waals surface area contributed by atoms with Gasteiger partial charge in [0.2, 0.25) is 0 Å². The molecule has 3 N–H and O–H groups in total. The Morgan fingerprint density at radius 1 is 1.55 bits per heavy atom. The van der Waals surface area contributed by atoms with E-state index in [0.29, 0.717) is 5.92 Å². The van der Waals surface area contributed by atoms with E-state index in [1.54, 1.807) is 0 Å². The fourth-order valence-electron chi connectivity index (χ4n) is 1.78. The third kappa shape index (κ3) is 1.42. The summed E-state index contributed by atoms with van der Waals surface area (Å²) in [6, 6.07) is 0. The largest absolute Gasteiger partial charge is 0.396 e. The highest BCUT2D eigenvalue weighted by atomic mass is 16.3. The average Bonchev–Trinajstić information content (AvgIpc) is 2.43. The van der Waals surface area contributed by atoms with Gasteiger partial charge in [-0.3, -0.25) is 0 Å². The summed E-state index contributed by atoms with van der Waals surface area (Å²) in [5.74, 6) is 0.549. The van der Waals surface area contributed by atoms with Crippen molar-refractivity contribution in [3.05, 3.63) is 0 Å². The van der Waals surface area contributed by atoms with Gasteiger partial charge in [-0.1, -0.05) is 20.8 Å². The minimum atomic E-state index is -0.00424. The monoisotopic (exact) mass is 157 g/mol. The van der Waals surface area contributed by atoms with E-state index in [2.05, 4.69) is 20.8 Å². The summed E-state index contributed by atoms with van der Waals surface area (Å²) in [6.45, 7) is 6.79. The first kappa shape index (κ1) is 9.01. The lowest BCUT2D eigenvalue weighted by molar-refractivity contribution is 0.240. The van der Waals surface area contributed by atoms with Gasteiger partial charge >= 0.3 is 0 Å². The van der Waals surface area contributed by atoms with Crippen LogP contribution in [0.25, 0.3) is 0 Å². The van der Waals surface area contributed by atoms with Crippen molar-refractivity contribution < 1.29 is 5.11 Å². The molecule has 0 heterocycles. The van der Waals surface area contributed by atoms with Gasteiger partial charge in [0.25, 0.3) is 0 Å². The molecule has 0 aromatic rings. The maximum Gasteiger partial charge on any atom is 0.0434 e. The predicted molar refractivity (Wildman–Crippen MR) is 46.2 cm³/mol. The molecule has 2 nitrogen and oxygen atoms in total. The molecule has 0 radical (unpaired) electrons. The van der Waals surface area contributed by atoms with E-state index in [1.165, 1.54) is 0 Å². The van der Waals surface area contributed by atoms with Crippen LogP contribution in [-0.2, 0) is 0 Å². The molecular weight excluding hydrogens is 138 g/mol. The summed E-state index contributed by atoms with van der Waals surface area (Å²) < 4.78 is 0. The van der Waals surface area contributed by atoms with Crippen molar-refractivity contribution in [3.8, 4) is 0 Å². The van der Waals surface area contributed by atoms with Gasteiger partial charge in [0, 0.05) is 12.1 Å². The molecule has 0 amide bonds. The normalized spacial score (nSPS) is 37.4. The van der Waals surface area contributed by atoms with Crippen LogP contribution in [0.1, 0.15) is 33.6 Å². The van der Waals surface area contributed by atoms with Gasteiger partial charge in [0.15, 0.2) is 0 Å². The Labute approximate surface area is 68.8 Å². The van der Waals surface area contributed by atoms with Crippen LogP contribution in [-0.4, -0.2) is 17.3 Å². The van der Waals surface area contributed by atoms with Crippen molar-refractivity contribution >= 4 is 0 Å². The van der Waals surface area contributed by atoms with Crippen molar-refractivity contribution in [1.82, 2.24) is 0 Å². The standard InChI is InChI=1S/C9H19NO/c1-8(2,3)9(10)6-7(9)4-5-11/h7,11H,4-6,10H2,1-3H3/t7-,9+/m0/s1. The van der Waals surface area contributed by atoms with Crippen LogP contribution in [0.5, 0.6) is 0 Å². The molecule has 0 spiro atoms. The Kier molecular flexibility index (Phi) is 2.01. The van der Waals surface area contributed by atoms with E-state index in [0.717, 1.165) is 12.8 Å². The summed E-state index contributed by atoms with van der Waals surface area (Å²) in [6.07, 6.45) is 1.95. The Balaban J connectivity index is 2.49. The molecule has 1 aliphatic carbocycles. The van der Waals surface area contributed by atoms with Crippen LogP contribution in [0.2, 0.25) is 0 Å². The minimum absolute atomic E-state index is 0.00424. The molecule has 66 valence electrons. The summed E-state index contributed by atoms with van der Waals surface area (Å²) >= 11 is 0. The Bertz CT molecular complexity index is 150. The molecule has 0 saturated heterocycles. The summed E-state index contributed by atoms with van der Waals surface area (Å²) in [7, 11) is 0. The summed E-state index contributed by atoms with van der Waals surface area (Å²) in [5, 5.41) is 8.72. The Hall–Kier alpha value is -0.0800. The van der Waals surface area contributed by atoms with Gasteiger partial charge in [-0.25, -0.2) is 0 Å². The SMILES string of the molecule is CC(C)(C)[C@@]1(N)C[C@@H]1CCO. The molecule has 1 saturated carbocycles. The lowest BCUT2D eigenvalue weighted by Gasteiger charge is -2.28. The molecule has 0 bridgehead atoms. The Morgan fingerprint density at radius 2 is 2.09 bits per heavy atom. The highest BCUT2D eigenvalue weighted by molar-refractivity contribution is 5.13. The van der Waals surface area contributed by atoms with Gasteiger partial charge in [0.1, 0.15) is 0 Å². The molecule has 2 atom stereocenters. The van der Waals surface area contributed by atoms with E-state index < -0.39 is 0 Å². The number of aliphatic hydroxyl groups excluding tert-OH is 1. The first-order chi connectivity index (χ1) is 4.92. The fraction of sp³-hybridized carbons (Fsp3) is 1.00. The molecule has 0 unspecified atom stereocenters. The summed E-state index contributed by atoms with van der Waals surface area (Å²) in [5.41, 5.74) is 6.33. The van der Waals surface area contributed by atoms with Gasteiger partial charge in [-0.2, -0.15) is 0 Å². The number of rotatable bonds is 2. The van der Waals surface area contributed by atoms with Crippen LogP contribution >= 0.6 is 0 Å². The maximum absolute atomic E-state index is 8.72. The maximum atomic E-state index is 8.72. The second kappa shape index (κ2) is 2.46.